The van der Waals surface area contributed by atoms with E-state index in [1.54, 1.807) is 36.4 Å². The second-order valence-electron chi connectivity index (χ2n) is 9.97. The van der Waals surface area contributed by atoms with Crippen LogP contribution in [-0.4, -0.2) is 28.3 Å². The van der Waals surface area contributed by atoms with Crippen molar-refractivity contribution in [1.29, 1.82) is 0 Å². The van der Waals surface area contributed by atoms with Gasteiger partial charge in [-0.1, -0.05) is 40.2 Å². The smallest absolute Gasteiger partial charge is 0.416 e. The summed E-state index contributed by atoms with van der Waals surface area (Å²) in [5.74, 6) is 1.16. The highest BCUT2D eigenvalue weighted by molar-refractivity contribution is 9.94. The Kier molecular flexibility index (Phi) is 12.7. The summed E-state index contributed by atoms with van der Waals surface area (Å²) in [7, 11) is 0. The molecular weight excluding hydrogens is 917 g/mol. The number of aliphatic hydroxyl groups excluding tert-OH is 1. The molecule has 4 heterocycles. The molecule has 0 bridgehead atoms. The van der Waals surface area contributed by atoms with Crippen molar-refractivity contribution in [2.24, 2.45) is 0 Å². The quantitative estimate of drug-likeness (QED) is 0.122. The summed E-state index contributed by atoms with van der Waals surface area (Å²) in [6.07, 6.45) is -8.30. The van der Waals surface area contributed by atoms with Crippen LogP contribution in [0.1, 0.15) is 46.3 Å². The van der Waals surface area contributed by atoms with Crippen LogP contribution >= 0.6 is 65.6 Å². The molecule has 0 amide bonds. The molecule has 2 unspecified atom stereocenters. The predicted octanol–water partition coefficient (Wildman–Crippen LogP) is 11.8. The molecule has 0 radical (unpaired) electrons. The number of alkyl halides is 7. The van der Waals surface area contributed by atoms with Gasteiger partial charge in [-0.2, -0.15) is 26.3 Å². The SMILES string of the molecule is FC(F)(F)c1cccc(-c2ccc3c(n2)C(Br)CCO3)c1.O=P(Br)(Br)Br.OC1CCOc2ccc(-c3cccc(C(F)(F)F)c3)nc21. The fourth-order valence-corrected chi connectivity index (χ4v) is 5.00. The van der Waals surface area contributed by atoms with Crippen LogP contribution in [0.5, 0.6) is 11.5 Å². The molecular formula is C30H23Br4F6N2O4P. The summed E-state index contributed by atoms with van der Waals surface area (Å²) in [6, 6.07) is 16.8. The number of aromatic nitrogens is 2. The van der Waals surface area contributed by atoms with Crippen LogP contribution in [0.15, 0.2) is 72.8 Å². The molecule has 47 heavy (non-hydrogen) atoms. The van der Waals surface area contributed by atoms with Crippen LogP contribution < -0.4 is 9.47 Å². The maximum atomic E-state index is 12.8. The summed E-state index contributed by atoms with van der Waals surface area (Å²) < 4.78 is 95.1. The molecule has 1 N–H and O–H groups in total. The van der Waals surface area contributed by atoms with Crippen LogP contribution in [-0.2, 0) is 16.9 Å². The van der Waals surface area contributed by atoms with Gasteiger partial charge in [0.1, 0.15) is 23.3 Å². The van der Waals surface area contributed by atoms with Gasteiger partial charge in [0.15, 0.2) is 0 Å². The lowest BCUT2D eigenvalue weighted by atomic mass is 10.0. The van der Waals surface area contributed by atoms with Crippen molar-refractivity contribution in [3.05, 3.63) is 95.3 Å². The fraction of sp³-hybridized carbons (Fsp3) is 0.267. The molecule has 2 aromatic heterocycles. The number of aliphatic hydroxyl groups is 1. The number of fused-ring (bicyclic) bond motifs is 2. The minimum absolute atomic E-state index is 0.0620. The Morgan fingerprint density at radius 1 is 0.702 bits per heavy atom. The Balaban J connectivity index is 0.000000186. The zero-order chi connectivity index (χ0) is 34.6. The number of hydrogen-bond donors (Lipinski definition) is 1. The number of nitrogens with zero attached hydrogens (tertiary/aromatic N) is 2. The number of ether oxygens (including phenoxy) is 2. The molecule has 2 aromatic carbocycles. The average Bonchev–Trinajstić information content (AvgIpc) is 3.00. The number of rotatable bonds is 2. The first kappa shape index (κ1) is 37.8. The van der Waals surface area contributed by atoms with Crippen LogP contribution in [0.2, 0.25) is 0 Å². The van der Waals surface area contributed by atoms with E-state index < -0.39 is 32.8 Å². The van der Waals surface area contributed by atoms with Gasteiger partial charge < -0.3 is 14.6 Å². The van der Waals surface area contributed by atoms with Crippen LogP contribution in [0.25, 0.3) is 22.5 Å². The third-order valence-electron chi connectivity index (χ3n) is 6.63. The molecule has 252 valence electrons. The maximum absolute atomic E-state index is 12.8. The second-order valence-corrected chi connectivity index (χ2v) is 29.4. The largest absolute Gasteiger partial charge is 0.492 e. The molecule has 6 rings (SSSR count). The van der Waals surface area contributed by atoms with E-state index in [0.717, 1.165) is 36.4 Å². The minimum atomic E-state index is -4.40. The van der Waals surface area contributed by atoms with E-state index in [-0.39, 0.29) is 4.83 Å². The summed E-state index contributed by atoms with van der Waals surface area (Å²) in [4.78, 5) is 8.76. The first-order chi connectivity index (χ1) is 21.9. The van der Waals surface area contributed by atoms with Crippen LogP contribution in [0.3, 0.4) is 0 Å². The molecule has 0 saturated heterocycles. The van der Waals surface area contributed by atoms with E-state index in [9.17, 15) is 36.0 Å². The lowest BCUT2D eigenvalue weighted by Crippen LogP contribution is -2.15. The van der Waals surface area contributed by atoms with Crippen molar-refractivity contribution >= 4 is 65.6 Å². The highest BCUT2D eigenvalue weighted by atomic mass is 80.0. The molecule has 4 aromatic rings. The van der Waals surface area contributed by atoms with Gasteiger partial charge in [0.25, 0.3) is 3.25 Å². The number of benzene rings is 2. The Labute approximate surface area is 298 Å². The Morgan fingerprint density at radius 3 is 1.60 bits per heavy atom. The van der Waals surface area contributed by atoms with E-state index in [4.69, 9.17) is 9.47 Å². The van der Waals surface area contributed by atoms with Gasteiger partial charge >= 0.3 is 12.4 Å². The Morgan fingerprint density at radius 2 is 1.13 bits per heavy atom. The first-order valence-corrected chi connectivity index (χ1v) is 22.2. The lowest BCUT2D eigenvalue weighted by molar-refractivity contribution is -0.138. The summed E-state index contributed by atoms with van der Waals surface area (Å²) in [5, 5.41) is 9.89. The van der Waals surface area contributed by atoms with Gasteiger partial charge in [0.2, 0.25) is 0 Å². The third kappa shape index (κ3) is 11.0. The Hall–Kier alpha value is -1.97. The van der Waals surface area contributed by atoms with Gasteiger partial charge in [-0.05, 0) is 55.0 Å². The summed E-state index contributed by atoms with van der Waals surface area (Å²) >= 11 is 11.8. The molecule has 0 aliphatic carbocycles. The molecule has 6 nitrogen and oxygen atoms in total. The molecule has 0 spiro atoms. The zero-order valence-corrected chi connectivity index (χ0v) is 30.9. The van der Waals surface area contributed by atoms with Crippen LogP contribution in [0.4, 0.5) is 26.3 Å². The number of halogens is 10. The van der Waals surface area contributed by atoms with Gasteiger partial charge in [-0.3, -0.25) is 4.57 Å². The maximum Gasteiger partial charge on any atom is 0.416 e. The monoisotopic (exact) mass is 936 g/mol. The van der Waals surface area contributed by atoms with Gasteiger partial charge in [-0.25, -0.2) is 9.97 Å². The minimum Gasteiger partial charge on any atom is -0.492 e. The standard InChI is InChI=1S/C15H11BrF3NO.C15H12F3NO2.Br3OP/c16-11-6-7-21-13-5-4-12(20-14(11)13)9-2-1-3-10(8-9)15(17,18)19;16-15(17,18)10-3-1-2-9(8-10)11-4-5-13-14(19-11)12(20)6-7-21-13;1-5(2,3)4/h1-5,8,11H,6-7H2;1-5,8,12,20H,6-7H2;. The summed E-state index contributed by atoms with van der Waals surface area (Å²) in [6.45, 7) is 1.01. The lowest BCUT2D eigenvalue weighted by Gasteiger charge is -2.21. The summed E-state index contributed by atoms with van der Waals surface area (Å²) in [5.41, 5.74) is 1.39. The number of hydrogen-bond acceptors (Lipinski definition) is 6. The van der Waals surface area contributed by atoms with E-state index in [2.05, 4.69) is 72.4 Å². The predicted molar refractivity (Wildman–Crippen MR) is 181 cm³/mol. The third-order valence-corrected chi connectivity index (χ3v) is 7.52. The average molecular weight is 940 g/mol. The molecule has 17 heteroatoms. The van der Waals surface area contributed by atoms with Gasteiger partial charge in [0, 0.05) is 64.0 Å². The van der Waals surface area contributed by atoms with E-state index in [0.29, 0.717) is 59.3 Å². The van der Waals surface area contributed by atoms with Gasteiger partial charge in [0.05, 0.1) is 46.2 Å². The van der Waals surface area contributed by atoms with Gasteiger partial charge in [-0.15, -0.1) is 0 Å². The molecule has 0 fully saturated rings. The molecule has 2 aliphatic heterocycles. The van der Waals surface area contributed by atoms with Crippen molar-refractivity contribution < 1.29 is 45.5 Å². The second kappa shape index (κ2) is 15.7. The van der Waals surface area contributed by atoms with E-state index >= 15 is 0 Å². The van der Waals surface area contributed by atoms with E-state index in [1.807, 2.05) is 0 Å². The van der Waals surface area contributed by atoms with Crippen molar-refractivity contribution in [2.75, 3.05) is 13.2 Å². The Bertz CT molecular complexity index is 1630. The highest BCUT2D eigenvalue weighted by Crippen LogP contribution is 2.68. The molecule has 2 aliphatic rings. The normalized spacial score (nSPS) is 17.3. The van der Waals surface area contributed by atoms with Crippen molar-refractivity contribution in [3.63, 3.8) is 0 Å². The zero-order valence-electron chi connectivity index (χ0n) is 23.7. The van der Waals surface area contributed by atoms with Crippen molar-refractivity contribution in [1.82, 2.24) is 9.97 Å². The highest BCUT2D eigenvalue weighted by Gasteiger charge is 2.32. The van der Waals surface area contributed by atoms with Crippen molar-refractivity contribution in [2.45, 2.75) is 36.1 Å². The van der Waals surface area contributed by atoms with Crippen LogP contribution in [0, 0.1) is 0 Å². The number of pyridine rings is 2. The topological polar surface area (TPSA) is 81.5 Å². The molecule has 2 atom stereocenters. The molecule has 0 saturated carbocycles. The first-order valence-electron chi connectivity index (χ1n) is 13.5. The van der Waals surface area contributed by atoms with E-state index in [1.165, 1.54) is 12.1 Å². The van der Waals surface area contributed by atoms with Crippen molar-refractivity contribution in [3.8, 4) is 34.0 Å². The fourth-order valence-electron chi connectivity index (χ4n) is 4.49.